The van der Waals surface area contributed by atoms with Gasteiger partial charge in [-0.3, -0.25) is 9.88 Å². The summed E-state index contributed by atoms with van der Waals surface area (Å²) in [5.41, 5.74) is 1.52. The third-order valence-electron chi connectivity index (χ3n) is 3.92. The smallest absolute Gasteiger partial charge is 0.242 e. The maximum atomic E-state index is 12.6. The SMILES string of the molecule is Cc1cnc2c(S(=O)(=O)NCCN3CCOCC3)cccc2c1. The fraction of sp³-hybridized carbons (Fsp3) is 0.438. The molecule has 0 spiro atoms. The molecule has 1 aliphatic heterocycles. The molecule has 0 unspecified atom stereocenters. The Morgan fingerprint density at radius 1 is 1.30 bits per heavy atom. The van der Waals surface area contributed by atoms with Crippen LogP contribution in [0.25, 0.3) is 10.9 Å². The molecule has 0 saturated carbocycles. The number of para-hydroxylation sites is 1. The monoisotopic (exact) mass is 335 g/mol. The van der Waals surface area contributed by atoms with Crippen molar-refractivity contribution in [3.63, 3.8) is 0 Å². The molecule has 0 radical (unpaired) electrons. The first kappa shape index (κ1) is 16.3. The predicted molar refractivity (Wildman–Crippen MR) is 88.9 cm³/mol. The molecular formula is C16H21N3O3S. The highest BCUT2D eigenvalue weighted by Crippen LogP contribution is 2.21. The summed E-state index contributed by atoms with van der Waals surface area (Å²) in [6.07, 6.45) is 1.69. The van der Waals surface area contributed by atoms with Gasteiger partial charge in [0, 0.05) is 37.8 Å². The minimum atomic E-state index is -3.57. The summed E-state index contributed by atoms with van der Waals surface area (Å²) in [6.45, 7) is 6.10. The average Bonchev–Trinajstić information content (AvgIpc) is 2.55. The number of morpholine rings is 1. The van der Waals surface area contributed by atoms with Crippen molar-refractivity contribution in [2.24, 2.45) is 0 Å². The van der Waals surface area contributed by atoms with E-state index >= 15 is 0 Å². The maximum Gasteiger partial charge on any atom is 0.242 e. The van der Waals surface area contributed by atoms with Crippen LogP contribution in [0.3, 0.4) is 0 Å². The van der Waals surface area contributed by atoms with Gasteiger partial charge in [0.1, 0.15) is 4.90 Å². The van der Waals surface area contributed by atoms with Gasteiger partial charge in [-0.1, -0.05) is 12.1 Å². The molecule has 0 atom stereocenters. The van der Waals surface area contributed by atoms with Crippen molar-refractivity contribution in [3.8, 4) is 0 Å². The molecule has 23 heavy (non-hydrogen) atoms. The number of ether oxygens (including phenoxy) is 1. The van der Waals surface area contributed by atoms with Gasteiger partial charge in [-0.2, -0.15) is 0 Å². The summed E-state index contributed by atoms with van der Waals surface area (Å²) in [4.78, 5) is 6.72. The molecule has 1 aliphatic rings. The van der Waals surface area contributed by atoms with Crippen LogP contribution < -0.4 is 4.72 Å². The molecule has 0 amide bonds. The van der Waals surface area contributed by atoms with Gasteiger partial charge in [0.15, 0.2) is 0 Å². The third kappa shape index (κ3) is 3.87. The van der Waals surface area contributed by atoms with E-state index in [9.17, 15) is 8.42 Å². The highest BCUT2D eigenvalue weighted by atomic mass is 32.2. The predicted octanol–water partition coefficient (Wildman–Crippen LogP) is 1.15. The number of fused-ring (bicyclic) bond motifs is 1. The van der Waals surface area contributed by atoms with E-state index in [0.29, 0.717) is 31.8 Å². The van der Waals surface area contributed by atoms with Crippen LogP contribution in [0.4, 0.5) is 0 Å². The third-order valence-corrected chi connectivity index (χ3v) is 5.42. The summed E-state index contributed by atoms with van der Waals surface area (Å²) < 4.78 is 33.1. The Morgan fingerprint density at radius 2 is 2.09 bits per heavy atom. The fourth-order valence-electron chi connectivity index (χ4n) is 2.70. The van der Waals surface area contributed by atoms with E-state index in [4.69, 9.17) is 4.74 Å². The normalized spacial score (nSPS) is 16.7. The minimum absolute atomic E-state index is 0.233. The lowest BCUT2D eigenvalue weighted by molar-refractivity contribution is 0.0390. The maximum absolute atomic E-state index is 12.6. The number of sulfonamides is 1. The van der Waals surface area contributed by atoms with Crippen LogP contribution in [0, 0.1) is 6.92 Å². The molecule has 1 aromatic heterocycles. The second-order valence-electron chi connectivity index (χ2n) is 5.69. The van der Waals surface area contributed by atoms with Gasteiger partial charge in [-0.05, 0) is 24.6 Å². The Bertz CT molecular complexity index is 786. The number of nitrogens with one attached hydrogen (secondary N) is 1. The molecule has 1 N–H and O–H groups in total. The molecule has 124 valence electrons. The topological polar surface area (TPSA) is 71.5 Å². The van der Waals surface area contributed by atoms with E-state index in [2.05, 4.69) is 14.6 Å². The summed E-state index contributed by atoms with van der Waals surface area (Å²) in [5, 5.41) is 0.834. The molecule has 0 aliphatic carbocycles. The van der Waals surface area contributed by atoms with Crippen LogP contribution >= 0.6 is 0 Å². The number of aryl methyl sites for hydroxylation is 1. The number of hydrogen-bond acceptors (Lipinski definition) is 5. The van der Waals surface area contributed by atoms with Gasteiger partial charge < -0.3 is 4.74 Å². The molecule has 2 heterocycles. The van der Waals surface area contributed by atoms with Gasteiger partial charge in [0.05, 0.1) is 18.7 Å². The summed E-state index contributed by atoms with van der Waals surface area (Å²) in [6, 6.07) is 7.17. The van der Waals surface area contributed by atoms with Gasteiger partial charge >= 0.3 is 0 Å². The lowest BCUT2D eigenvalue weighted by Crippen LogP contribution is -2.41. The van der Waals surface area contributed by atoms with Crippen LogP contribution in [-0.2, 0) is 14.8 Å². The number of benzene rings is 1. The highest BCUT2D eigenvalue weighted by Gasteiger charge is 2.18. The van der Waals surface area contributed by atoms with Gasteiger partial charge in [-0.15, -0.1) is 0 Å². The van der Waals surface area contributed by atoms with Crippen molar-refractivity contribution in [2.45, 2.75) is 11.8 Å². The first-order chi connectivity index (χ1) is 11.1. The molecule has 2 aromatic rings. The van der Waals surface area contributed by atoms with Crippen LogP contribution in [0.1, 0.15) is 5.56 Å². The molecule has 1 saturated heterocycles. The lowest BCUT2D eigenvalue weighted by Gasteiger charge is -2.26. The van der Waals surface area contributed by atoms with Crippen LogP contribution in [0.15, 0.2) is 35.4 Å². The number of hydrogen-bond donors (Lipinski definition) is 1. The van der Waals surface area contributed by atoms with Crippen LogP contribution in [-0.4, -0.2) is 57.7 Å². The van der Waals surface area contributed by atoms with E-state index in [1.807, 2.05) is 19.1 Å². The molecular weight excluding hydrogens is 314 g/mol. The van der Waals surface area contributed by atoms with E-state index < -0.39 is 10.0 Å². The molecule has 7 heteroatoms. The Labute approximate surface area is 136 Å². The lowest BCUT2D eigenvalue weighted by atomic mass is 10.2. The number of aromatic nitrogens is 1. The second kappa shape index (κ2) is 6.92. The highest BCUT2D eigenvalue weighted by molar-refractivity contribution is 7.89. The van der Waals surface area contributed by atoms with Crippen molar-refractivity contribution in [1.29, 1.82) is 0 Å². The van der Waals surface area contributed by atoms with Crippen LogP contribution in [0.5, 0.6) is 0 Å². The standard InChI is InChI=1S/C16H21N3O3S/c1-13-11-14-3-2-4-15(16(14)17-12-13)23(20,21)18-5-6-19-7-9-22-10-8-19/h2-4,11-12,18H,5-10H2,1H3. The van der Waals surface area contributed by atoms with Gasteiger partial charge in [0.2, 0.25) is 10.0 Å². The number of rotatable bonds is 5. The number of nitrogens with zero attached hydrogens (tertiary/aromatic N) is 2. The van der Waals surface area contributed by atoms with Gasteiger partial charge in [0.25, 0.3) is 0 Å². The Kier molecular flexibility index (Phi) is 4.91. The summed E-state index contributed by atoms with van der Waals surface area (Å²) >= 11 is 0. The molecule has 6 nitrogen and oxygen atoms in total. The second-order valence-corrected chi connectivity index (χ2v) is 7.43. The summed E-state index contributed by atoms with van der Waals surface area (Å²) in [7, 11) is -3.57. The Balaban J connectivity index is 1.74. The van der Waals surface area contributed by atoms with E-state index in [1.54, 1.807) is 18.3 Å². The van der Waals surface area contributed by atoms with Crippen molar-refractivity contribution in [2.75, 3.05) is 39.4 Å². The molecule has 3 rings (SSSR count). The Hall–Kier alpha value is -1.54. The van der Waals surface area contributed by atoms with Crippen molar-refractivity contribution in [3.05, 3.63) is 36.0 Å². The van der Waals surface area contributed by atoms with Crippen molar-refractivity contribution in [1.82, 2.24) is 14.6 Å². The van der Waals surface area contributed by atoms with Crippen molar-refractivity contribution < 1.29 is 13.2 Å². The number of pyridine rings is 1. The van der Waals surface area contributed by atoms with Crippen LogP contribution in [0.2, 0.25) is 0 Å². The zero-order valence-electron chi connectivity index (χ0n) is 13.2. The molecule has 1 aromatic carbocycles. The quantitative estimate of drug-likeness (QED) is 0.888. The molecule has 1 fully saturated rings. The first-order valence-electron chi connectivity index (χ1n) is 7.71. The van der Waals surface area contributed by atoms with E-state index in [1.165, 1.54) is 0 Å². The summed E-state index contributed by atoms with van der Waals surface area (Å²) in [5.74, 6) is 0. The Morgan fingerprint density at radius 3 is 2.87 bits per heavy atom. The largest absolute Gasteiger partial charge is 0.379 e. The fourth-order valence-corrected chi connectivity index (χ4v) is 3.90. The van der Waals surface area contributed by atoms with E-state index in [-0.39, 0.29) is 4.90 Å². The van der Waals surface area contributed by atoms with Crippen molar-refractivity contribution >= 4 is 20.9 Å². The van der Waals surface area contributed by atoms with E-state index in [0.717, 1.165) is 24.0 Å². The first-order valence-corrected chi connectivity index (χ1v) is 9.20. The molecule has 0 bridgehead atoms. The average molecular weight is 335 g/mol. The minimum Gasteiger partial charge on any atom is -0.379 e. The zero-order chi connectivity index (χ0) is 16.3. The zero-order valence-corrected chi connectivity index (χ0v) is 14.0. The van der Waals surface area contributed by atoms with Gasteiger partial charge in [-0.25, -0.2) is 13.1 Å².